The molecule has 0 atom stereocenters. The smallest absolute Gasteiger partial charge is 0.355 e. The largest absolute Gasteiger partial charge is 0.416 e. The van der Waals surface area contributed by atoms with E-state index in [9.17, 15) is 40.7 Å². The zero-order valence-corrected chi connectivity index (χ0v) is 22.3. The van der Waals surface area contributed by atoms with Gasteiger partial charge in [0.25, 0.3) is 11.8 Å². The van der Waals surface area contributed by atoms with Crippen LogP contribution in [0, 0.1) is 0 Å². The maximum Gasteiger partial charge on any atom is 0.416 e. The fourth-order valence-corrected chi connectivity index (χ4v) is 5.30. The molecule has 0 saturated carbocycles. The van der Waals surface area contributed by atoms with Crippen LogP contribution in [0.2, 0.25) is 0 Å². The Bertz CT molecular complexity index is 1240. The number of hydrogen-bond acceptors (Lipinski definition) is 4. The molecule has 4 rings (SSSR count). The van der Waals surface area contributed by atoms with Crippen LogP contribution in [0.15, 0.2) is 48.5 Å². The average molecular weight is 585 g/mol. The summed E-state index contributed by atoms with van der Waals surface area (Å²) in [6.07, 6.45) is -8.33. The van der Waals surface area contributed by atoms with Crippen molar-refractivity contribution in [3.05, 3.63) is 65.2 Å². The lowest BCUT2D eigenvalue weighted by Gasteiger charge is -2.43. The number of halogens is 6. The lowest BCUT2D eigenvalue weighted by molar-refractivity contribution is -0.143. The van der Waals surface area contributed by atoms with Gasteiger partial charge in [0.2, 0.25) is 5.91 Å². The van der Waals surface area contributed by atoms with Gasteiger partial charge in [-0.25, -0.2) is 0 Å². The van der Waals surface area contributed by atoms with Crippen LogP contribution in [0.5, 0.6) is 0 Å². The van der Waals surface area contributed by atoms with Gasteiger partial charge in [0.1, 0.15) is 12.1 Å². The first-order chi connectivity index (χ1) is 19.3. The molecule has 2 aliphatic heterocycles. The summed E-state index contributed by atoms with van der Waals surface area (Å²) < 4.78 is 80.0. The Hall–Kier alpha value is -3.77. The van der Waals surface area contributed by atoms with E-state index in [0.29, 0.717) is 24.4 Å². The SMILES string of the molecule is CCCCNC(=O)CN1CN(c2ccccc2)C2(CCN(C(=O)c3cc(C(F)(F)F)cc(C(F)(F)F)c3)CC2)C1=O. The predicted octanol–water partition coefficient (Wildman–Crippen LogP) is 4.92. The molecular weight excluding hydrogens is 554 g/mol. The third kappa shape index (κ3) is 6.43. The van der Waals surface area contributed by atoms with Crippen LogP contribution in [-0.2, 0) is 21.9 Å². The second kappa shape index (κ2) is 11.6. The van der Waals surface area contributed by atoms with Crippen LogP contribution in [0.3, 0.4) is 0 Å². The van der Waals surface area contributed by atoms with E-state index in [1.807, 2.05) is 11.8 Å². The van der Waals surface area contributed by atoms with E-state index >= 15 is 0 Å². The maximum absolute atomic E-state index is 13.7. The van der Waals surface area contributed by atoms with Crippen LogP contribution < -0.4 is 10.2 Å². The number of likely N-dealkylation sites (tertiary alicyclic amines) is 1. The summed E-state index contributed by atoms with van der Waals surface area (Å²) in [7, 11) is 0. The highest BCUT2D eigenvalue weighted by Gasteiger charge is 2.54. The van der Waals surface area contributed by atoms with Gasteiger partial charge in [0, 0.05) is 30.9 Å². The van der Waals surface area contributed by atoms with E-state index in [1.165, 1.54) is 4.90 Å². The molecule has 41 heavy (non-hydrogen) atoms. The summed E-state index contributed by atoms with van der Waals surface area (Å²) in [5, 5.41) is 2.78. The van der Waals surface area contributed by atoms with Gasteiger partial charge in [-0.1, -0.05) is 31.5 Å². The Morgan fingerprint density at radius 1 is 0.927 bits per heavy atom. The number of piperidine rings is 1. The standard InChI is InChI=1S/C28H30F6N4O3/c1-2-3-11-35-23(39)17-37-18-38(22-7-5-4-6-8-22)26(25(37)41)9-12-36(13-10-26)24(40)19-14-20(27(29,30)31)16-21(15-19)28(32,33)34/h4-8,14-16H,2-3,9-13,17-18H2,1H3,(H,35,39). The van der Waals surface area contributed by atoms with E-state index in [-0.39, 0.29) is 57.0 Å². The molecule has 222 valence electrons. The lowest BCUT2D eigenvalue weighted by atomic mass is 9.85. The van der Waals surface area contributed by atoms with E-state index in [2.05, 4.69) is 5.32 Å². The fourth-order valence-electron chi connectivity index (χ4n) is 5.30. The number of carbonyl (C=O) groups excluding carboxylic acids is 3. The second-order valence-electron chi connectivity index (χ2n) is 10.2. The number of carbonyl (C=O) groups is 3. The molecule has 0 bridgehead atoms. The normalized spacial score (nSPS) is 17.3. The van der Waals surface area contributed by atoms with Crippen molar-refractivity contribution >= 4 is 23.4 Å². The number of amides is 3. The van der Waals surface area contributed by atoms with Gasteiger partial charge >= 0.3 is 12.4 Å². The third-order valence-corrected chi connectivity index (χ3v) is 7.48. The highest BCUT2D eigenvalue weighted by molar-refractivity contribution is 5.98. The van der Waals surface area contributed by atoms with E-state index in [1.54, 1.807) is 30.3 Å². The van der Waals surface area contributed by atoms with Crippen LogP contribution >= 0.6 is 0 Å². The van der Waals surface area contributed by atoms with Crippen molar-refractivity contribution in [3.63, 3.8) is 0 Å². The Kier molecular flexibility index (Phi) is 8.55. The highest BCUT2D eigenvalue weighted by Crippen LogP contribution is 2.41. The number of hydrogen-bond donors (Lipinski definition) is 1. The van der Waals surface area contributed by atoms with Crippen molar-refractivity contribution in [2.45, 2.75) is 50.5 Å². The minimum absolute atomic E-state index is 0.0239. The van der Waals surface area contributed by atoms with Crippen molar-refractivity contribution in [3.8, 4) is 0 Å². The molecule has 2 aliphatic rings. The number of para-hydroxylation sites is 1. The molecule has 7 nitrogen and oxygen atoms in total. The minimum Gasteiger partial charge on any atom is -0.355 e. The molecule has 1 spiro atoms. The number of anilines is 1. The fraction of sp³-hybridized carbons (Fsp3) is 0.464. The number of nitrogens with zero attached hydrogens (tertiary/aromatic N) is 3. The van der Waals surface area contributed by atoms with E-state index < -0.39 is 40.5 Å². The van der Waals surface area contributed by atoms with Gasteiger partial charge in [0.05, 0.1) is 17.8 Å². The van der Waals surface area contributed by atoms with Crippen molar-refractivity contribution in [2.75, 3.05) is 37.7 Å². The van der Waals surface area contributed by atoms with Crippen molar-refractivity contribution in [2.24, 2.45) is 0 Å². The van der Waals surface area contributed by atoms with Crippen LogP contribution in [-0.4, -0.2) is 65.9 Å². The summed E-state index contributed by atoms with van der Waals surface area (Å²) in [6.45, 7) is 2.25. The molecule has 2 aromatic carbocycles. The molecule has 0 aromatic heterocycles. The van der Waals surface area contributed by atoms with Gasteiger partial charge < -0.3 is 20.0 Å². The molecule has 0 unspecified atom stereocenters. The topological polar surface area (TPSA) is 73.0 Å². The van der Waals surface area contributed by atoms with Crippen LogP contribution in [0.4, 0.5) is 32.0 Å². The molecule has 0 aliphatic carbocycles. The minimum atomic E-state index is -5.08. The maximum atomic E-state index is 13.7. The molecule has 0 radical (unpaired) electrons. The van der Waals surface area contributed by atoms with Crippen molar-refractivity contribution in [1.29, 1.82) is 0 Å². The molecule has 3 amide bonds. The predicted molar refractivity (Wildman–Crippen MR) is 138 cm³/mol. The number of nitrogens with one attached hydrogen (secondary N) is 1. The summed E-state index contributed by atoms with van der Waals surface area (Å²) in [4.78, 5) is 43.8. The number of unbranched alkanes of at least 4 members (excludes halogenated alkanes) is 1. The number of alkyl halides is 6. The van der Waals surface area contributed by atoms with Gasteiger partial charge in [-0.05, 0) is 49.6 Å². The third-order valence-electron chi connectivity index (χ3n) is 7.48. The zero-order valence-electron chi connectivity index (χ0n) is 22.3. The molecule has 2 saturated heterocycles. The molecule has 1 N–H and O–H groups in total. The highest BCUT2D eigenvalue weighted by atomic mass is 19.4. The summed E-state index contributed by atoms with van der Waals surface area (Å²) >= 11 is 0. The number of rotatable bonds is 7. The summed E-state index contributed by atoms with van der Waals surface area (Å²) in [5.74, 6) is -1.62. The summed E-state index contributed by atoms with van der Waals surface area (Å²) in [6, 6.07) is 9.80. The quantitative estimate of drug-likeness (QED) is 0.371. The average Bonchev–Trinajstić information content (AvgIpc) is 3.18. The monoisotopic (exact) mass is 584 g/mol. The van der Waals surface area contributed by atoms with E-state index in [4.69, 9.17) is 0 Å². The molecule has 2 fully saturated rings. The lowest BCUT2D eigenvalue weighted by Crippen LogP contribution is -2.57. The van der Waals surface area contributed by atoms with Gasteiger partial charge in [-0.2, -0.15) is 26.3 Å². The van der Waals surface area contributed by atoms with E-state index in [0.717, 1.165) is 17.7 Å². The van der Waals surface area contributed by atoms with Gasteiger partial charge in [0.15, 0.2) is 0 Å². The number of benzene rings is 2. The zero-order chi connectivity index (χ0) is 30.0. The molecule has 2 heterocycles. The van der Waals surface area contributed by atoms with Gasteiger partial charge in [-0.15, -0.1) is 0 Å². The second-order valence-corrected chi connectivity index (χ2v) is 10.2. The first-order valence-electron chi connectivity index (χ1n) is 13.2. The molecular formula is C28H30F6N4O3. The molecule has 13 heteroatoms. The van der Waals surface area contributed by atoms with Gasteiger partial charge in [-0.3, -0.25) is 14.4 Å². The Labute approximate surface area is 233 Å². The van der Waals surface area contributed by atoms with Crippen molar-refractivity contribution in [1.82, 2.24) is 15.1 Å². The molecule has 2 aromatic rings. The Morgan fingerprint density at radius 2 is 1.51 bits per heavy atom. The Balaban J connectivity index is 1.57. The first kappa shape index (κ1) is 30.2. The van der Waals surface area contributed by atoms with Crippen molar-refractivity contribution < 1.29 is 40.7 Å². The first-order valence-corrected chi connectivity index (χ1v) is 13.2. The van der Waals surface area contributed by atoms with Crippen LogP contribution in [0.25, 0.3) is 0 Å². The summed E-state index contributed by atoms with van der Waals surface area (Å²) in [5.41, 5.74) is -4.29. The van der Waals surface area contributed by atoms with Crippen LogP contribution in [0.1, 0.15) is 54.1 Å². The Morgan fingerprint density at radius 3 is 2.05 bits per heavy atom.